The zero-order valence-electron chi connectivity index (χ0n) is 18.0. The van der Waals surface area contributed by atoms with Gasteiger partial charge in [-0.1, -0.05) is 64.0 Å². The average Bonchev–Trinajstić information content (AvgIpc) is 3.09. The number of carbonyl (C=O) groups excluding carboxylic acids is 2. The minimum absolute atomic E-state index is 0.0767. The third-order valence-electron chi connectivity index (χ3n) is 5.65. The number of halogens is 1. The first-order valence-electron chi connectivity index (χ1n) is 10.5. The Hall–Kier alpha value is -2.81. The number of hydrogen-bond acceptors (Lipinski definition) is 4. The molecule has 0 radical (unpaired) electrons. The van der Waals surface area contributed by atoms with Crippen LogP contribution in [0.15, 0.2) is 88.2 Å². The van der Waals surface area contributed by atoms with Crippen LogP contribution < -0.4 is 4.90 Å². The number of imide groups is 1. The lowest BCUT2D eigenvalue weighted by atomic mass is 10.1. The molecular formula is C25H23BrN2O4S. The highest BCUT2D eigenvalue weighted by Crippen LogP contribution is 2.30. The Bertz CT molecular complexity index is 1260. The fourth-order valence-corrected chi connectivity index (χ4v) is 5.72. The molecular weight excluding hydrogens is 504 g/mol. The highest BCUT2D eigenvalue weighted by molar-refractivity contribution is 9.10. The van der Waals surface area contributed by atoms with Gasteiger partial charge < -0.3 is 0 Å². The van der Waals surface area contributed by atoms with E-state index in [1.54, 1.807) is 24.3 Å². The maximum atomic E-state index is 13.6. The van der Waals surface area contributed by atoms with Crippen molar-refractivity contribution >= 4 is 43.5 Å². The van der Waals surface area contributed by atoms with E-state index in [2.05, 4.69) is 15.9 Å². The molecule has 170 valence electrons. The van der Waals surface area contributed by atoms with Gasteiger partial charge in [0, 0.05) is 11.0 Å². The summed E-state index contributed by atoms with van der Waals surface area (Å²) < 4.78 is 29.2. The van der Waals surface area contributed by atoms with E-state index in [1.807, 2.05) is 49.4 Å². The molecule has 0 aliphatic carbocycles. The average molecular weight is 527 g/mol. The molecule has 0 saturated carbocycles. The Kier molecular flexibility index (Phi) is 6.78. The van der Waals surface area contributed by atoms with Crippen LogP contribution in [0, 0.1) is 6.92 Å². The highest BCUT2D eigenvalue weighted by atomic mass is 79.9. The van der Waals surface area contributed by atoms with E-state index < -0.39 is 27.9 Å². The van der Waals surface area contributed by atoms with Crippen LogP contribution in [-0.4, -0.2) is 37.1 Å². The molecule has 33 heavy (non-hydrogen) atoms. The quantitative estimate of drug-likeness (QED) is 0.429. The summed E-state index contributed by atoms with van der Waals surface area (Å²) in [4.78, 5) is 27.4. The fourth-order valence-electron chi connectivity index (χ4n) is 3.88. The van der Waals surface area contributed by atoms with Crippen LogP contribution in [0.4, 0.5) is 5.69 Å². The predicted octanol–water partition coefficient (Wildman–Crippen LogP) is 4.32. The van der Waals surface area contributed by atoms with Crippen LogP contribution in [0.1, 0.15) is 17.5 Å². The molecule has 1 atom stereocenters. The van der Waals surface area contributed by atoms with Gasteiger partial charge in [0.05, 0.1) is 17.0 Å². The van der Waals surface area contributed by atoms with Gasteiger partial charge in [0.15, 0.2) is 0 Å². The summed E-state index contributed by atoms with van der Waals surface area (Å²) >= 11 is 3.32. The van der Waals surface area contributed by atoms with Crippen molar-refractivity contribution in [3.8, 4) is 0 Å². The van der Waals surface area contributed by atoms with Gasteiger partial charge in [0.2, 0.25) is 15.9 Å². The molecule has 3 aromatic rings. The number of hydrogen-bond donors (Lipinski definition) is 0. The van der Waals surface area contributed by atoms with Crippen molar-refractivity contribution < 1.29 is 18.0 Å². The molecule has 4 rings (SSSR count). The first-order chi connectivity index (χ1) is 15.8. The molecule has 1 aliphatic rings. The molecule has 6 nitrogen and oxygen atoms in total. The monoisotopic (exact) mass is 526 g/mol. The Balaban J connectivity index is 1.69. The van der Waals surface area contributed by atoms with Crippen LogP contribution in [0.5, 0.6) is 0 Å². The minimum atomic E-state index is -4.03. The van der Waals surface area contributed by atoms with Crippen molar-refractivity contribution in [1.82, 2.24) is 4.31 Å². The lowest BCUT2D eigenvalue weighted by Gasteiger charge is -2.27. The maximum Gasteiger partial charge on any atom is 0.252 e. The topological polar surface area (TPSA) is 74.8 Å². The molecule has 0 spiro atoms. The maximum absolute atomic E-state index is 13.6. The molecule has 1 fully saturated rings. The molecule has 1 saturated heterocycles. The number of amides is 2. The summed E-state index contributed by atoms with van der Waals surface area (Å²) in [6.45, 7) is 1.99. The SMILES string of the molecule is Cc1ccc(N2C(=O)CC(N(CCc3ccccc3)S(=O)(=O)c3ccc(Br)cc3)C2=O)cc1. The van der Waals surface area contributed by atoms with E-state index in [0.29, 0.717) is 12.1 Å². The minimum Gasteiger partial charge on any atom is -0.274 e. The van der Waals surface area contributed by atoms with Gasteiger partial charge >= 0.3 is 0 Å². The van der Waals surface area contributed by atoms with E-state index in [4.69, 9.17) is 0 Å². The number of aryl methyl sites for hydroxylation is 1. The normalized spacial score (nSPS) is 16.6. The van der Waals surface area contributed by atoms with Crippen molar-refractivity contribution in [1.29, 1.82) is 0 Å². The molecule has 0 N–H and O–H groups in total. The largest absolute Gasteiger partial charge is 0.274 e. The van der Waals surface area contributed by atoms with Crippen molar-refractivity contribution in [3.05, 3.63) is 94.5 Å². The highest BCUT2D eigenvalue weighted by Gasteiger charge is 2.46. The van der Waals surface area contributed by atoms with Crippen LogP contribution in [-0.2, 0) is 26.0 Å². The van der Waals surface area contributed by atoms with Gasteiger partial charge in [-0.15, -0.1) is 0 Å². The Labute approximate surface area is 202 Å². The molecule has 0 bridgehead atoms. The molecule has 0 aromatic heterocycles. The fraction of sp³-hybridized carbons (Fsp3) is 0.200. The molecule has 3 aromatic carbocycles. The van der Waals surface area contributed by atoms with E-state index >= 15 is 0 Å². The molecule has 1 heterocycles. The number of nitrogens with zero attached hydrogens (tertiary/aromatic N) is 2. The van der Waals surface area contributed by atoms with E-state index in [9.17, 15) is 18.0 Å². The third kappa shape index (κ3) is 4.93. The number of anilines is 1. The summed E-state index contributed by atoms with van der Waals surface area (Å²) in [5.74, 6) is -0.942. The third-order valence-corrected chi connectivity index (χ3v) is 8.10. The summed E-state index contributed by atoms with van der Waals surface area (Å²) in [5.41, 5.74) is 2.39. The Morgan fingerprint density at radius 3 is 2.21 bits per heavy atom. The number of benzene rings is 3. The summed E-state index contributed by atoms with van der Waals surface area (Å²) in [6.07, 6.45) is 0.219. The second-order valence-corrected chi connectivity index (χ2v) is 10.7. The Morgan fingerprint density at radius 2 is 1.58 bits per heavy atom. The zero-order chi connectivity index (χ0) is 23.6. The van der Waals surface area contributed by atoms with Gasteiger partial charge in [0.25, 0.3) is 5.91 Å². The van der Waals surface area contributed by atoms with Crippen molar-refractivity contribution in [3.63, 3.8) is 0 Å². The summed E-state index contributed by atoms with van der Waals surface area (Å²) in [7, 11) is -4.03. The zero-order valence-corrected chi connectivity index (χ0v) is 20.4. The Morgan fingerprint density at radius 1 is 0.939 bits per heavy atom. The van der Waals surface area contributed by atoms with Crippen molar-refractivity contribution in [2.24, 2.45) is 0 Å². The molecule has 1 aliphatic heterocycles. The van der Waals surface area contributed by atoms with Crippen LogP contribution in [0.2, 0.25) is 0 Å². The lowest BCUT2D eigenvalue weighted by Crippen LogP contribution is -2.46. The number of carbonyl (C=O) groups is 2. The van der Waals surface area contributed by atoms with E-state index in [1.165, 1.54) is 16.4 Å². The first-order valence-corrected chi connectivity index (χ1v) is 12.8. The smallest absolute Gasteiger partial charge is 0.252 e. The molecule has 2 amide bonds. The second kappa shape index (κ2) is 9.59. The van der Waals surface area contributed by atoms with E-state index in [0.717, 1.165) is 20.5 Å². The summed E-state index contributed by atoms with van der Waals surface area (Å²) in [6, 6.07) is 21.7. The van der Waals surface area contributed by atoms with Crippen LogP contribution in [0.3, 0.4) is 0 Å². The lowest BCUT2D eigenvalue weighted by molar-refractivity contribution is -0.122. The molecule has 8 heteroatoms. The van der Waals surface area contributed by atoms with Gasteiger partial charge in [0.1, 0.15) is 6.04 Å². The van der Waals surface area contributed by atoms with Gasteiger partial charge in [-0.3, -0.25) is 9.59 Å². The van der Waals surface area contributed by atoms with Crippen molar-refractivity contribution in [2.45, 2.75) is 30.7 Å². The first kappa shape index (κ1) is 23.4. The van der Waals surface area contributed by atoms with Gasteiger partial charge in [-0.05, 0) is 55.3 Å². The number of rotatable bonds is 7. The molecule has 1 unspecified atom stereocenters. The number of sulfonamides is 1. The van der Waals surface area contributed by atoms with Gasteiger partial charge in [-0.2, -0.15) is 4.31 Å². The second-order valence-electron chi connectivity index (χ2n) is 7.93. The predicted molar refractivity (Wildman–Crippen MR) is 130 cm³/mol. The standard InChI is InChI=1S/C25H23BrN2O4S/c1-18-7-11-21(12-8-18)28-24(29)17-23(25(28)30)27(16-15-19-5-3-2-4-6-19)33(31,32)22-13-9-20(26)10-14-22/h2-14,23H,15-17H2,1H3. The van der Waals surface area contributed by atoms with Crippen LogP contribution >= 0.6 is 15.9 Å². The van der Waals surface area contributed by atoms with Crippen LogP contribution in [0.25, 0.3) is 0 Å². The summed E-state index contributed by atoms with van der Waals surface area (Å²) in [5, 5.41) is 0. The van der Waals surface area contributed by atoms with Crippen molar-refractivity contribution in [2.75, 3.05) is 11.4 Å². The van der Waals surface area contributed by atoms with E-state index in [-0.39, 0.29) is 17.9 Å². The van der Waals surface area contributed by atoms with Gasteiger partial charge in [-0.25, -0.2) is 13.3 Å².